The SMILES string of the molecule is CC(C(=O)NCC(O)C1CC1)=C1CNC1. The molecule has 0 aromatic rings. The highest BCUT2D eigenvalue weighted by Gasteiger charge is 2.29. The van der Waals surface area contributed by atoms with Crippen LogP contribution >= 0.6 is 0 Å². The minimum Gasteiger partial charge on any atom is -0.391 e. The van der Waals surface area contributed by atoms with Crippen molar-refractivity contribution in [1.29, 1.82) is 0 Å². The normalized spacial score (nSPS) is 21.9. The summed E-state index contributed by atoms with van der Waals surface area (Å²) in [6, 6.07) is 0. The number of rotatable bonds is 4. The van der Waals surface area contributed by atoms with Gasteiger partial charge in [-0.1, -0.05) is 0 Å². The lowest BCUT2D eigenvalue weighted by Crippen LogP contribution is -2.39. The van der Waals surface area contributed by atoms with Crippen molar-refractivity contribution in [3.8, 4) is 0 Å². The fraction of sp³-hybridized carbons (Fsp3) is 0.727. The van der Waals surface area contributed by atoms with Gasteiger partial charge in [-0.25, -0.2) is 0 Å². The van der Waals surface area contributed by atoms with Gasteiger partial charge in [0.2, 0.25) is 5.91 Å². The molecule has 84 valence electrons. The predicted molar refractivity (Wildman–Crippen MR) is 57.3 cm³/mol. The van der Waals surface area contributed by atoms with Crippen LogP contribution in [0.1, 0.15) is 19.8 Å². The molecule has 1 saturated heterocycles. The first kappa shape index (κ1) is 10.6. The number of aliphatic hydroxyl groups is 1. The van der Waals surface area contributed by atoms with E-state index in [4.69, 9.17) is 0 Å². The van der Waals surface area contributed by atoms with Crippen LogP contribution in [-0.4, -0.2) is 36.8 Å². The lowest BCUT2D eigenvalue weighted by molar-refractivity contribution is -0.118. The number of nitrogens with one attached hydrogen (secondary N) is 2. The fourth-order valence-corrected chi connectivity index (χ4v) is 1.65. The summed E-state index contributed by atoms with van der Waals surface area (Å²) >= 11 is 0. The average molecular weight is 210 g/mol. The van der Waals surface area contributed by atoms with Crippen LogP contribution in [0.5, 0.6) is 0 Å². The fourth-order valence-electron chi connectivity index (χ4n) is 1.65. The third kappa shape index (κ3) is 2.58. The molecule has 2 fully saturated rings. The van der Waals surface area contributed by atoms with Gasteiger partial charge in [-0.2, -0.15) is 0 Å². The third-order valence-corrected chi connectivity index (χ3v) is 3.19. The topological polar surface area (TPSA) is 61.4 Å². The highest BCUT2D eigenvalue weighted by molar-refractivity contribution is 5.93. The Morgan fingerprint density at radius 2 is 2.27 bits per heavy atom. The number of carbonyl (C=O) groups is 1. The van der Waals surface area contributed by atoms with E-state index in [1.807, 2.05) is 6.92 Å². The number of hydrogen-bond donors (Lipinski definition) is 3. The van der Waals surface area contributed by atoms with Gasteiger partial charge in [-0.05, 0) is 31.3 Å². The second-order valence-corrected chi connectivity index (χ2v) is 4.45. The molecule has 15 heavy (non-hydrogen) atoms. The Morgan fingerprint density at radius 1 is 1.60 bits per heavy atom. The maximum atomic E-state index is 11.6. The zero-order valence-electron chi connectivity index (χ0n) is 9.05. The van der Waals surface area contributed by atoms with Crippen molar-refractivity contribution in [2.24, 2.45) is 5.92 Å². The molecule has 1 amide bonds. The Morgan fingerprint density at radius 3 is 2.73 bits per heavy atom. The van der Waals surface area contributed by atoms with Crippen molar-refractivity contribution in [1.82, 2.24) is 10.6 Å². The van der Waals surface area contributed by atoms with Crippen molar-refractivity contribution >= 4 is 5.91 Å². The Kier molecular flexibility index (Phi) is 3.07. The molecule has 0 aromatic heterocycles. The highest BCUT2D eigenvalue weighted by atomic mass is 16.3. The molecular formula is C11H18N2O2. The minimum absolute atomic E-state index is 0.0359. The van der Waals surface area contributed by atoms with Gasteiger partial charge >= 0.3 is 0 Å². The first-order valence-corrected chi connectivity index (χ1v) is 5.54. The second kappa shape index (κ2) is 4.33. The molecule has 3 N–H and O–H groups in total. The average Bonchev–Trinajstić information content (AvgIpc) is 2.93. The van der Waals surface area contributed by atoms with Crippen LogP contribution in [0, 0.1) is 5.92 Å². The number of aliphatic hydroxyl groups excluding tert-OH is 1. The van der Waals surface area contributed by atoms with Crippen LogP contribution in [0.4, 0.5) is 0 Å². The molecule has 0 spiro atoms. The van der Waals surface area contributed by atoms with Crippen LogP contribution in [0.25, 0.3) is 0 Å². The molecule has 1 saturated carbocycles. The van der Waals surface area contributed by atoms with E-state index in [2.05, 4.69) is 10.6 Å². The van der Waals surface area contributed by atoms with Crippen LogP contribution in [0.15, 0.2) is 11.1 Å². The largest absolute Gasteiger partial charge is 0.391 e. The van der Waals surface area contributed by atoms with E-state index in [0.717, 1.165) is 31.5 Å². The first-order valence-electron chi connectivity index (χ1n) is 5.54. The van der Waals surface area contributed by atoms with Gasteiger partial charge in [0.15, 0.2) is 0 Å². The van der Waals surface area contributed by atoms with Crippen molar-refractivity contribution in [3.63, 3.8) is 0 Å². The van der Waals surface area contributed by atoms with Crippen LogP contribution in [-0.2, 0) is 4.79 Å². The van der Waals surface area contributed by atoms with Gasteiger partial charge in [-0.15, -0.1) is 0 Å². The second-order valence-electron chi connectivity index (χ2n) is 4.45. The Hall–Kier alpha value is -0.870. The van der Waals surface area contributed by atoms with E-state index in [0.29, 0.717) is 12.5 Å². The summed E-state index contributed by atoms with van der Waals surface area (Å²) in [7, 11) is 0. The van der Waals surface area contributed by atoms with Crippen LogP contribution < -0.4 is 10.6 Å². The van der Waals surface area contributed by atoms with Gasteiger partial charge in [0.1, 0.15) is 0 Å². The van der Waals surface area contributed by atoms with E-state index >= 15 is 0 Å². The van der Waals surface area contributed by atoms with Gasteiger partial charge < -0.3 is 15.7 Å². The molecule has 1 unspecified atom stereocenters. The number of hydrogen-bond acceptors (Lipinski definition) is 3. The summed E-state index contributed by atoms with van der Waals surface area (Å²) in [5.41, 5.74) is 1.98. The van der Waals surface area contributed by atoms with Crippen LogP contribution in [0.3, 0.4) is 0 Å². The molecule has 4 nitrogen and oxygen atoms in total. The van der Waals surface area contributed by atoms with Gasteiger partial charge in [0.05, 0.1) is 6.10 Å². The van der Waals surface area contributed by atoms with E-state index in [-0.39, 0.29) is 12.0 Å². The molecule has 2 aliphatic rings. The molecule has 1 aliphatic carbocycles. The Labute approximate surface area is 89.7 Å². The molecule has 0 radical (unpaired) electrons. The molecule has 0 bridgehead atoms. The molecule has 1 atom stereocenters. The van der Waals surface area contributed by atoms with Crippen molar-refractivity contribution in [2.45, 2.75) is 25.9 Å². The van der Waals surface area contributed by atoms with Gasteiger partial charge in [0, 0.05) is 25.2 Å². The van der Waals surface area contributed by atoms with Gasteiger partial charge in [0.25, 0.3) is 0 Å². The zero-order chi connectivity index (χ0) is 10.8. The third-order valence-electron chi connectivity index (χ3n) is 3.19. The summed E-state index contributed by atoms with van der Waals surface area (Å²) in [6.45, 7) is 3.88. The molecule has 1 heterocycles. The van der Waals surface area contributed by atoms with E-state index in [9.17, 15) is 9.90 Å². The lowest BCUT2D eigenvalue weighted by Gasteiger charge is -2.21. The maximum Gasteiger partial charge on any atom is 0.247 e. The summed E-state index contributed by atoms with van der Waals surface area (Å²) in [6.07, 6.45) is 1.84. The predicted octanol–water partition coefficient (Wildman–Crippen LogP) is -0.207. The smallest absolute Gasteiger partial charge is 0.247 e. The zero-order valence-corrected chi connectivity index (χ0v) is 9.05. The standard InChI is InChI=1S/C11H18N2O2/c1-7(9-4-12-5-9)11(15)13-6-10(14)8-2-3-8/h8,10,12,14H,2-6H2,1H3,(H,13,15). The Balaban J connectivity index is 1.76. The summed E-state index contributed by atoms with van der Waals surface area (Å²) < 4.78 is 0. The van der Waals surface area contributed by atoms with Crippen LogP contribution in [0.2, 0.25) is 0 Å². The van der Waals surface area contributed by atoms with E-state index in [1.54, 1.807) is 0 Å². The summed E-state index contributed by atoms with van der Waals surface area (Å²) in [4.78, 5) is 11.6. The maximum absolute atomic E-state index is 11.6. The minimum atomic E-state index is -0.355. The molecule has 4 heteroatoms. The van der Waals surface area contributed by atoms with E-state index < -0.39 is 0 Å². The highest BCUT2D eigenvalue weighted by Crippen LogP contribution is 2.32. The van der Waals surface area contributed by atoms with Crippen molar-refractivity contribution in [2.75, 3.05) is 19.6 Å². The lowest BCUT2D eigenvalue weighted by atomic mass is 10.0. The summed E-state index contributed by atoms with van der Waals surface area (Å²) in [5, 5.41) is 15.5. The molecular weight excluding hydrogens is 192 g/mol. The number of carbonyl (C=O) groups excluding carboxylic acids is 1. The molecule has 1 aliphatic heterocycles. The number of amides is 1. The van der Waals surface area contributed by atoms with E-state index in [1.165, 1.54) is 5.57 Å². The quantitative estimate of drug-likeness (QED) is 0.563. The van der Waals surface area contributed by atoms with Crippen molar-refractivity contribution in [3.05, 3.63) is 11.1 Å². The Bertz CT molecular complexity index is 289. The first-order chi connectivity index (χ1) is 7.18. The van der Waals surface area contributed by atoms with Gasteiger partial charge in [-0.3, -0.25) is 4.79 Å². The summed E-state index contributed by atoms with van der Waals surface area (Å²) in [5.74, 6) is 0.384. The molecule has 0 aromatic carbocycles. The molecule has 2 rings (SSSR count). The van der Waals surface area contributed by atoms with Crippen molar-refractivity contribution < 1.29 is 9.90 Å². The monoisotopic (exact) mass is 210 g/mol.